The van der Waals surface area contributed by atoms with Crippen molar-refractivity contribution in [3.63, 3.8) is 0 Å². The number of piperidine rings is 1. The largest absolute Gasteiger partial charge is 0.336 e. The average molecular weight is 434 g/mol. The maximum atomic E-state index is 13.1. The van der Waals surface area contributed by atoms with E-state index < -0.39 is 0 Å². The lowest BCUT2D eigenvalue weighted by Gasteiger charge is -2.34. The summed E-state index contributed by atoms with van der Waals surface area (Å²) in [4.78, 5) is 34.2. The van der Waals surface area contributed by atoms with Crippen molar-refractivity contribution >= 4 is 23.3 Å². The fourth-order valence-corrected chi connectivity index (χ4v) is 4.55. The second-order valence-corrected chi connectivity index (χ2v) is 8.71. The summed E-state index contributed by atoms with van der Waals surface area (Å²) >= 11 is 0. The van der Waals surface area contributed by atoms with Gasteiger partial charge in [0.1, 0.15) is 11.3 Å². The van der Waals surface area contributed by atoms with Crippen molar-refractivity contribution < 1.29 is 9.59 Å². The van der Waals surface area contributed by atoms with Crippen LogP contribution in [0.15, 0.2) is 42.7 Å². The van der Waals surface area contributed by atoms with Gasteiger partial charge in [0.25, 0.3) is 11.8 Å². The van der Waals surface area contributed by atoms with Gasteiger partial charge < -0.3 is 9.80 Å². The smallest absolute Gasteiger partial charge is 0.258 e. The Balaban J connectivity index is 1.61. The fourth-order valence-electron chi connectivity index (χ4n) is 4.55. The number of aromatic nitrogens is 2. The van der Waals surface area contributed by atoms with Crippen LogP contribution in [-0.2, 0) is 6.42 Å². The molecule has 2 aromatic rings. The Morgan fingerprint density at radius 3 is 2.75 bits per heavy atom. The predicted molar refractivity (Wildman–Crippen MR) is 124 cm³/mol. The van der Waals surface area contributed by atoms with Crippen LogP contribution >= 0.6 is 0 Å². The predicted octanol–water partition coefficient (Wildman–Crippen LogP) is 4.07. The topological polar surface area (TPSA) is 82.3 Å². The molecule has 0 unspecified atom stereocenters. The minimum Gasteiger partial charge on any atom is -0.336 e. The van der Waals surface area contributed by atoms with E-state index in [4.69, 9.17) is 5.41 Å². The highest BCUT2D eigenvalue weighted by Gasteiger charge is 2.27. The second kappa shape index (κ2) is 9.10. The number of anilines is 2. The van der Waals surface area contributed by atoms with E-state index >= 15 is 0 Å². The molecule has 7 heteroatoms. The number of nitrogens with zero attached hydrogens (tertiary/aromatic N) is 4. The maximum absolute atomic E-state index is 13.1. The van der Waals surface area contributed by atoms with Gasteiger partial charge in [-0.25, -0.2) is 4.98 Å². The zero-order valence-corrected chi connectivity index (χ0v) is 18.9. The Kier molecular flexibility index (Phi) is 6.26. The summed E-state index contributed by atoms with van der Waals surface area (Å²) in [6.07, 6.45) is 8.94. The van der Waals surface area contributed by atoms with Gasteiger partial charge in [-0.2, -0.15) is 0 Å². The van der Waals surface area contributed by atoms with E-state index in [2.05, 4.69) is 23.4 Å². The van der Waals surface area contributed by atoms with Gasteiger partial charge in [0.15, 0.2) is 0 Å². The molecule has 1 saturated heterocycles. The number of carbonyl (C=O) groups is 2. The molecule has 2 aromatic heterocycles. The van der Waals surface area contributed by atoms with Crippen LogP contribution < -0.4 is 10.4 Å². The third-order valence-corrected chi connectivity index (χ3v) is 6.54. The third-order valence-electron chi connectivity index (χ3n) is 6.54. The van der Waals surface area contributed by atoms with Crippen molar-refractivity contribution in [3.05, 3.63) is 59.4 Å². The standard InChI is InChI=1S/C25H31N5O2/c1-4-17(2)24(31)30-13-10-21(15-22(30)26)29-12-7-9-19-14-20(16-27-23(19)29)25(32)28-11-6-5-8-18(28)3/h10,13-16,18,26H,2,4-9,11-12H2,1,3H3/t18-/m1/s1. The molecule has 4 heterocycles. The second-order valence-electron chi connectivity index (χ2n) is 8.71. The van der Waals surface area contributed by atoms with E-state index in [1.165, 1.54) is 11.0 Å². The zero-order chi connectivity index (χ0) is 22.8. The number of hydrogen-bond donors (Lipinski definition) is 1. The van der Waals surface area contributed by atoms with E-state index in [0.717, 1.165) is 55.8 Å². The lowest BCUT2D eigenvalue weighted by molar-refractivity contribution is 0.0635. The molecule has 1 amide bonds. The summed E-state index contributed by atoms with van der Waals surface area (Å²) in [5.74, 6) is 0.630. The Bertz CT molecular complexity index is 1120. The van der Waals surface area contributed by atoms with Crippen LogP contribution in [0.1, 0.15) is 66.7 Å². The number of rotatable bonds is 4. The van der Waals surface area contributed by atoms with E-state index in [9.17, 15) is 9.59 Å². The summed E-state index contributed by atoms with van der Waals surface area (Å²) in [7, 11) is 0. The highest BCUT2D eigenvalue weighted by Crippen LogP contribution is 2.32. The van der Waals surface area contributed by atoms with Crippen LogP contribution in [0, 0.1) is 5.41 Å². The number of nitrogens with one attached hydrogen (secondary N) is 1. The quantitative estimate of drug-likeness (QED) is 0.737. The van der Waals surface area contributed by atoms with Crippen molar-refractivity contribution in [1.29, 1.82) is 5.41 Å². The van der Waals surface area contributed by atoms with Crippen LogP contribution in [0.5, 0.6) is 0 Å². The molecule has 0 spiro atoms. The highest BCUT2D eigenvalue weighted by molar-refractivity contribution is 5.95. The monoisotopic (exact) mass is 433 g/mol. The Labute approximate surface area is 188 Å². The Morgan fingerprint density at radius 1 is 1.22 bits per heavy atom. The van der Waals surface area contributed by atoms with Crippen LogP contribution in [-0.4, -0.2) is 45.4 Å². The molecule has 1 atom stereocenters. The molecule has 7 nitrogen and oxygen atoms in total. The van der Waals surface area contributed by atoms with Crippen LogP contribution in [0.25, 0.3) is 0 Å². The van der Waals surface area contributed by atoms with Gasteiger partial charge in [-0.3, -0.25) is 19.6 Å². The minimum atomic E-state index is -0.253. The molecule has 1 N–H and O–H groups in total. The first-order chi connectivity index (χ1) is 15.4. The molecular weight excluding hydrogens is 402 g/mol. The van der Waals surface area contributed by atoms with Crippen molar-refractivity contribution in [2.75, 3.05) is 18.0 Å². The molecule has 2 aliphatic rings. The van der Waals surface area contributed by atoms with Gasteiger partial charge in [-0.15, -0.1) is 0 Å². The van der Waals surface area contributed by atoms with E-state index in [0.29, 0.717) is 17.6 Å². The van der Waals surface area contributed by atoms with Gasteiger partial charge >= 0.3 is 0 Å². The lowest BCUT2D eigenvalue weighted by atomic mass is 10.0. The van der Waals surface area contributed by atoms with E-state index in [1.807, 2.05) is 24.0 Å². The van der Waals surface area contributed by atoms with E-state index in [1.54, 1.807) is 18.5 Å². The Morgan fingerprint density at radius 2 is 2.03 bits per heavy atom. The molecule has 32 heavy (non-hydrogen) atoms. The number of pyridine rings is 2. The molecule has 168 valence electrons. The molecule has 0 bridgehead atoms. The maximum Gasteiger partial charge on any atom is 0.258 e. The zero-order valence-electron chi connectivity index (χ0n) is 18.9. The van der Waals surface area contributed by atoms with Crippen molar-refractivity contribution in [3.8, 4) is 0 Å². The summed E-state index contributed by atoms with van der Waals surface area (Å²) in [6, 6.07) is 5.77. The molecule has 0 aliphatic carbocycles. The lowest BCUT2D eigenvalue weighted by Crippen LogP contribution is -2.42. The first-order valence-electron chi connectivity index (χ1n) is 11.5. The number of hydrogen-bond acceptors (Lipinski definition) is 5. The SMILES string of the molecule is C=C(CC)C(=O)n1ccc(N2CCCc3cc(C(=O)N4CCCC[C@H]4C)cnc32)cc1=N. The number of fused-ring (bicyclic) bond motifs is 1. The number of aryl methyl sites for hydroxylation is 1. The summed E-state index contributed by atoms with van der Waals surface area (Å²) < 4.78 is 1.31. The first kappa shape index (κ1) is 22.0. The molecule has 0 saturated carbocycles. The number of allylic oxidation sites excluding steroid dienone is 1. The molecule has 0 radical (unpaired) electrons. The normalized spacial score (nSPS) is 18.2. The number of carbonyl (C=O) groups excluding carboxylic acids is 2. The van der Waals surface area contributed by atoms with Crippen LogP contribution in [0.4, 0.5) is 11.5 Å². The number of likely N-dealkylation sites (tertiary alicyclic amines) is 1. The van der Waals surface area contributed by atoms with Gasteiger partial charge in [0.05, 0.1) is 5.56 Å². The van der Waals surface area contributed by atoms with Crippen molar-refractivity contribution in [2.24, 2.45) is 0 Å². The summed E-state index contributed by atoms with van der Waals surface area (Å²) in [6.45, 7) is 9.36. The molecule has 2 aliphatic heterocycles. The first-order valence-corrected chi connectivity index (χ1v) is 11.5. The Hall–Kier alpha value is -3.22. The average Bonchev–Trinajstić information content (AvgIpc) is 2.82. The van der Waals surface area contributed by atoms with Crippen LogP contribution in [0.3, 0.4) is 0 Å². The van der Waals surface area contributed by atoms with Gasteiger partial charge in [0, 0.05) is 48.9 Å². The van der Waals surface area contributed by atoms with Gasteiger partial charge in [-0.1, -0.05) is 13.5 Å². The summed E-state index contributed by atoms with van der Waals surface area (Å²) in [5, 5.41) is 8.34. The van der Waals surface area contributed by atoms with Crippen molar-refractivity contribution in [1.82, 2.24) is 14.5 Å². The molecule has 0 aromatic carbocycles. The summed E-state index contributed by atoms with van der Waals surface area (Å²) in [5.41, 5.74) is 3.10. The third kappa shape index (κ3) is 4.11. The highest BCUT2D eigenvalue weighted by atomic mass is 16.2. The molecule has 1 fully saturated rings. The van der Waals surface area contributed by atoms with Crippen LogP contribution in [0.2, 0.25) is 0 Å². The van der Waals surface area contributed by atoms with E-state index in [-0.39, 0.29) is 23.3 Å². The van der Waals surface area contributed by atoms with Gasteiger partial charge in [-0.05, 0) is 63.1 Å². The number of amides is 1. The fraction of sp³-hybridized carbons (Fsp3) is 0.440. The van der Waals surface area contributed by atoms with Gasteiger partial charge in [0.2, 0.25) is 0 Å². The molecular formula is C25H31N5O2. The van der Waals surface area contributed by atoms with Crippen molar-refractivity contribution in [2.45, 2.75) is 58.4 Å². The minimum absolute atomic E-state index is 0.0634. The molecule has 4 rings (SSSR count).